The Morgan fingerprint density at radius 3 is 2.37 bits per heavy atom. The maximum atomic E-state index is 15.4. The third-order valence-electron chi connectivity index (χ3n) is 8.02. The molecule has 0 N–H and O–H groups in total. The zero-order valence-corrected chi connectivity index (χ0v) is 20.8. The van der Waals surface area contributed by atoms with E-state index in [0.29, 0.717) is 62.9 Å². The second-order valence-electron chi connectivity index (χ2n) is 10.0. The summed E-state index contributed by atoms with van der Waals surface area (Å²) in [5.74, 6) is -1.08. The highest BCUT2D eigenvalue weighted by atomic mass is 32.2. The molecule has 186 valence electrons. The zero-order valence-electron chi connectivity index (χ0n) is 20.0. The lowest BCUT2D eigenvalue weighted by molar-refractivity contribution is -0.182. The molecule has 1 saturated carbocycles. The standard InChI is InChI=1S/C27H31FN2O4S/c1-20-7-10-25(21-5-3-2-4-6-21)35(31,32)30(20)18-22-8-9-23(17-24(22)28)26(19-29)11-13-27(14-12-26)33-15-16-34-27/h2-6,8-9,17,20,25H,7,10-16,18H2,1H3/t20-,25+/m0/s1. The summed E-state index contributed by atoms with van der Waals surface area (Å²) in [6.07, 6.45) is 3.49. The van der Waals surface area contributed by atoms with Crippen molar-refractivity contribution in [3.63, 3.8) is 0 Å². The van der Waals surface area contributed by atoms with Crippen LogP contribution in [-0.4, -0.2) is 37.8 Å². The van der Waals surface area contributed by atoms with E-state index in [1.54, 1.807) is 12.1 Å². The van der Waals surface area contributed by atoms with Gasteiger partial charge in [0.1, 0.15) is 11.1 Å². The van der Waals surface area contributed by atoms with E-state index in [1.165, 1.54) is 10.4 Å². The molecule has 6 nitrogen and oxygen atoms in total. The van der Waals surface area contributed by atoms with Crippen molar-refractivity contribution in [1.82, 2.24) is 4.31 Å². The average Bonchev–Trinajstić information content (AvgIpc) is 3.32. The Morgan fingerprint density at radius 1 is 1.06 bits per heavy atom. The van der Waals surface area contributed by atoms with Crippen LogP contribution < -0.4 is 0 Å². The molecule has 5 rings (SSSR count). The third-order valence-corrected chi connectivity index (χ3v) is 10.4. The van der Waals surface area contributed by atoms with E-state index in [9.17, 15) is 13.7 Å². The SMILES string of the molecule is C[C@H]1CC[C@H](c2ccccc2)S(=O)(=O)N1Cc1ccc(C2(C#N)CCC3(CC2)OCCO3)cc1F. The number of hydrogen-bond acceptors (Lipinski definition) is 5. The number of benzene rings is 2. The molecule has 3 aliphatic rings. The summed E-state index contributed by atoms with van der Waals surface area (Å²) in [5, 5.41) is 9.42. The first kappa shape index (κ1) is 24.4. The highest BCUT2D eigenvalue weighted by Gasteiger charge is 2.47. The minimum atomic E-state index is -3.66. The van der Waals surface area contributed by atoms with Crippen molar-refractivity contribution in [1.29, 1.82) is 5.26 Å². The second kappa shape index (κ2) is 9.29. The van der Waals surface area contributed by atoms with Gasteiger partial charge in [0, 0.05) is 31.0 Å². The molecule has 2 heterocycles. The molecular weight excluding hydrogens is 467 g/mol. The molecule has 0 bridgehead atoms. The van der Waals surface area contributed by atoms with Crippen LogP contribution in [0.25, 0.3) is 0 Å². The lowest BCUT2D eigenvalue weighted by Crippen LogP contribution is -2.45. The zero-order chi connectivity index (χ0) is 24.7. The maximum Gasteiger partial charge on any atom is 0.221 e. The fourth-order valence-corrected chi connectivity index (χ4v) is 7.99. The Labute approximate surface area is 206 Å². The summed E-state index contributed by atoms with van der Waals surface area (Å²) < 4.78 is 55.4. The van der Waals surface area contributed by atoms with Crippen LogP contribution in [-0.2, 0) is 31.5 Å². The number of rotatable bonds is 4. The minimum Gasteiger partial charge on any atom is -0.348 e. The molecular formula is C27H31FN2O4S. The van der Waals surface area contributed by atoms with Crippen LogP contribution in [0, 0.1) is 17.1 Å². The van der Waals surface area contributed by atoms with Gasteiger partial charge in [-0.1, -0.05) is 42.5 Å². The molecule has 0 aromatic heterocycles. The predicted molar refractivity (Wildman–Crippen MR) is 129 cm³/mol. The van der Waals surface area contributed by atoms with Gasteiger partial charge >= 0.3 is 0 Å². The van der Waals surface area contributed by atoms with E-state index in [1.807, 2.05) is 37.3 Å². The Morgan fingerprint density at radius 2 is 1.74 bits per heavy atom. The molecule has 0 radical (unpaired) electrons. The van der Waals surface area contributed by atoms with Crippen LogP contribution in [0.5, 0.6) is 0 Å². The van der Waals surface area contributed by atoms with E-state index < -0.39 is 32.3 Å². The van der Waals surface area contributed by atoms with Crippen LogP contribution in [0.15, 0.2) is 48.5 Å². The number of halogens is 1. The van der Waals surface area contributed by atoms with Gasteiger partial charge in [0.2, 0.25) is 10.0 Å². The first-order chi connectivity index (χ1) is 16.8. The summed E-state index contributed by atoms with van der Waals surface area (Å²) >= 11 is 0. The largest absolute Gasteiger partial charge is 0.348 e. The fraction of sp³-hybridized carbons (Fsp3) is 0.519. The van der Waals surface area contributed by atoms with Crippen LogP contribution >= 0.6 is 0 Å². The van der Waals surface area contributed by atoms with E-state index >= 15 is 4.39 Å². The molecule has 2 aliphatic heterocycles. The second-order valence-corrected chi connectivity index (χ2v) is 12.1. The normalized spacial score (nSPS) is 27.5. The number of sulfonamides is 1. The number of ether oxygens (including phenoxy) is 2. The molecule has 1 aliphatic carbocycles. The smallest absolute Gasteiger partial charge is 0.221 e. The van der Waals surface area contributed by atoms with Crippen molar-refractivity contribution in [3.05, 3.63) is 71.0 Å². The van der Waals surface area contributed by atoms with Gasteiger partial charge in [-0.3, -0.25) is 0 Å². The lowest BCUT2D eigenvalue weighted by Gasteiger charge is -2.40. The van der Waals surface area contributed by atoms with Gasteiger partial charge in [-0.2, -0.15) is 9.57 Å². The van der Waals surface area contributed by atoms with Crippen LogP contribution in [0.3, 0.4) is 0 Å². The first-order valence-electron chi connectivity index (χ1n) is 12.3. The van der Waals surface area contributed by atoms with Crippen molar-refractivity contribution >= 4 is 10.0 Å². The Balaban J connectivity index is 1.37. The molecule has 0 unspecified atom stereocenters. The van der Waals surface area contributed by atoms with Crippen LogP contribution in [0.2, 0.25) is 0 Å². The number of nitrogens with zero attached hydrogens (tertiary/aromatic N) is 2. The van der Waals surface area contributed by atoms with Crippen molar-refractivity contribution in [3.8, 4) is 6.07 Å². The van der Waals surface area contributed by atoms with Gasteiger partial charge in [0.05, 0.1) is 24.7 Å². The summed E-state index contributed by atoms with van der Waals surface area (Å²) in [6, 6.07) is 16.3. The van der Waals surface area contributed by atoms with Gasteiger partial charge < -0.3 is 9.47 Å². The van der Waals surface area contributed by atoms with E-state index in [-0.39, 0.29) is 12.6 Å². The first-order valence-corrected chi connectivity index (χ1v) is 13.8. The highest BCUT2D eigenvalue weighted by Crippen LogP contribution is 2.46. The fourth-order valence-electron chi connectivity index (χ4n) is 5.80. The molecule has 2 atom stereocenters. The molecule has 0 amide bonds. The Hall–Kier alpha value is -2.31. The molecule has 2 saturated heterocycles. The Kier molecular flexibility index (Phi) is 6.47. The van der Waals surface area contributed by atoms with Gasteiger partial charge in [-0.25, -0.2) is 12.8 Å². The molecule has 2 aromatic rings. The molecule has 3 fully saturated rings. The maximum absolute atomic E-state index is 15.4. The average molecular weight is 499 g/mol. The van der Waals surface area contributed by atoms with Crippen molar-refractivity contribution < 1.29 is 22.3 Å². The van der Waals surface area contributed by atoms with E-state index in [0.717, 1.165) is 5.56 Å². The van der Waals surface area contributed by atoms with Gasteiger partial charge in [-0.15, -0.1) is 0 Å². The van der Waals surface area contributed by atoms with Crippen LogP contribution in [0.1, 0.15) is 67.4 Å². The van der Waals surface area contributed by atoms with Gasteiger partial charge in [-0.05, 0) is 49.8 Å². The summed E-state index contributed by atoms with van der Waals surface area (Å²) in [4.78, 5) is 0. The lowest BCUT2D eigenvalue weighted by atomic mass is 9.68. The molecule has 8 heteroatoms. The quantitative estimate of drug-likeness (QED) is 0.595. The number of hydrogen-bond donors (Lipinski definition) is 0. The van der Waals surface area contributed by atoms with Gasteiger partial charge in [0.15, 0.2) is 5.79 Å². The monoisotopic (exact) mass is 498 g/mol. The topological polar surface area (TPSA) is 79.6 Å². The van der Waals surface area contributed by atoms with Crippen molar-refractivity contribution in [2.24, 2.45) is 0 Å². The molecule has 35 heavy (non-hydrogen) atoms. The summed E-state index contributed by atoms with van der Waals surface area (Å²) in [6.45, 7) is 2.97. The Bertz CT molecular complexity index is 1210. The minimum absolute atomic E-state index is 0.0245. The van der Waals surface area contributed by atoms with Gasteiger partial charge in [0.25, 0.3) is 0 Å². The van der Waals surface area contributed by atoms with Crippen molar-refractivity contribution in [2.75, 3.05) is 13.2 Å². The summed E-state index contributed by atoms with van der Waals surface area (Å²) in [7, 11) is -3.66. The van der Waals surface area contributed by atoms with E-state index in [4.69, 9.17) is 9.47 Å². The molecule has 1 spiro atoms. The summed E-state index contributed by atoms with van der Waals surface area (Å²) in [5.41, 5.74) is 0.913. The number of nitriles is 1. The van der Waals surface area contributed by atoms with E-state index in [2.05, 4.69) is 6.07 Å². The van der Waals surface area contributed by atoms with Crippen molar-refractivity contribution in [2.45, 2.75) is 74.5 Å². The van der Waals surface area contributed by atoms with Crippen LogP contribution in [0.4, 0.5) is 4.39 Å². The molecule has 2 aromatic carbocycles. The third kappa shape index (κ3) is 4.40. The highest BCUT2D eigenvalue weighted by molar-refractivity contribution is 7.89. The predicted octanol–water partition coefficient (Wildman–Crippen LogP) is 4.96.